The maximum absolute atomic E-state index is 11.5. The highest BCUT2D eigenvalue weighted by molar-refractivity contribution is 5.75. The molecule has 0 aromatic rings. The Hall–Kier alpha value is -1.22. The molecule has 0 aromatic heterocycles. The molecule has 4 N–H and O–H groups in total. The summed E-state index contributed by atoms with van der Waals surface area (Å²) < 4.78 is 10.8. The molecule has 0 fully saturated rings. The van der Waals surface area contributed by atoms with Crippen molar-refractivity contribution in [2.75, 3.05) is 13.2 Å². The Kier molecular flexibility index (Phi) is 14.2. The van der Waals surface area contributed by atoms with E-state index >= 15 is 0 Å². The van der Waals surface area contributed by atoms with Crippen LogP contribution in [0.3, 0.4) is 0 Å². The average molecular weight is 378 g/mol. The summed E-state index contributed by atoms with van der Waals surface area (Å²) >= 11 is 0. The highest BCUT2D eigenvalue weighted by Gasteiger charge is 2.41. The molecule has 8 nitrogen and oxygen atoms in total. The SMILES string of the molecule is CCCCCCO[C@@H]([C@H](O)[C@H](O)C(=O)O)[C@@H](OCCCCCC)C(=O)O. The van der Waals surface area contributed by atoms with Crippen molar-refractivity contribution >= 4 is 11.9 Å². The predicted molar refractivity (Wildman–Crippen MR) is 95.0 cm³/mol. The number of aliphatic hydroxyl groups excluding tert-OH is 2. The van der Waals surface area contributed by atoms with Gasteiger partial charge in [0.25, 0.3) is 0 Å². The molecule has 0 bridgehead atoms. The lowest BCUT2D eigenvalue weighted by Gasteiger charge is -2.30. The highest BCUT2D eigenvalue weighted by Crippen LogP contribution is 2.16. The molecular weight excluding hydrogens is 344 g/mol. The molecule has 26 heavy (non-hydrogen) atoms. The molecule has 8 heteroatoms. The van der Waals surface area contributed by atoms with Gasteiger partial charge < -0.3 is 29.9 Å². The van der Waals surface area contributed by atoms with Crippen molar-refractivity contribution in [1.29, 1.82) is 0 Å². The number of aliphatic carboxylic acids is 2. The van der Waals surface area contributed by atoms with Gasteiger partial charge in [0.2, 0.25) is 0 Å². The summed E-state index contributed by atoms with van der Waals surface area (Å²) in [6.45, 7) is 4.40. The van der Waals surface area contributed by atoms with Gasteiger partial charge in [-0.3, -0.25) is 0 Å². The zero-order valence-electron chi connectivity index (χ0n) is 15.8. The van der Waals surface area contributed by atoms with Crippen molar-refractivity contribution in [3.05, 3.63) is 0 Å². The van der Waals surface area contributed by atoms with Crippen LogP contribution >= 0.6 is 0 Å². The maximum Gasteiger partial charge on any atom is 0.335 e. The Bertz CT molecular complexity index is 387. The summed E-state index contributed by atoms with van der Waals surface area (Å²) in [7, 11) is 0. The zero-order valence-corrected chi connectivity index (χ0v) is 15.8. The number of carboxylic acids is 2. The molecule has 0 rings (SSSR count). The fourth-order valence-electron chi connectivity index (χ4n) is 2.48. The van der Waals surface area contributed by atoms with Gasteiger partial charge in [-0.15, -0.1) is 0 Å². The van der Waals surface area contributed by atoms with Crippen LogP contribution in [0.25, 0.3) is 0 Å². The lowest BCUT2D eigenvalue weighted by molar-refractivity contribution is -0.187. The molecule has 0 spiro atoms. The third kappa shape index (κ3) is 10.1. The van der Waals surface area contributed by atoms with E-state index in [9.17, 15) is 24.9 Å². The van der Waals surface area contributed by atoms with Gasteiger partial charge >= 0.3 is 11.9 Å². The summed E-state index contributed by atoms with van der Waals surface area (Å²) in [5.74, 6) is -3.01. The minimum atomic E-state index is -2.15. The first kappa shape index (κ1) is 24.8. The monoisotopic (exact) mass is 378 g/mol. The summed E-state index contributed by atoms with van der Waals surface area (Å²) in [5, 5.41) is 38.0. The van der Waals surface area contributed by atoms with E-state index in [2.05, 4.69) is 0 Å². The minimum absolute atomic E-state index is 0.150. The van der Waals surface area contributed by atoms with Crippen LogP contribution in [0.1, 0.15) is 65.2 Å². The molecule has 0 aromatic carbocycles. The largest absolute Gasteiger partial charge is 0.479 e. The number of rotatable bonds is 17. The molecule has 0 aliphatic heterocycles. The fourth-order valence-corrected chi connectivity index (χ4v) is 2.48. The summed E-state index contributed by atoms with van der Waals surface area (Å²) in [6.07, 6.45) is -0.0000625. The Balaban J connectivity index is 4.90. The zero-order chi connectivity index (χ0) is 19.9. The van der Waals surface area contributed by atoms with E-state index in [1.807, 2.05) is 13.8 Å². The summed E-state index contributed by atoms with van der Waals surface area (Å²) in [4.78, 5) is 22.5. The highest BCUT2D eigenvalue weighted by atomic mass is 16.6. The normalized spacial score (nSPS) is 16.0. The van der Waals surface area contributed by atoms with Crippen molar-refractivity contribution in [3.63, 3.8) is 0 Å². The molecule has 0 radical (unpaired) electrons. The molecule has 0 amide bonds. The molecule has 0 heterocycles. The van der Waals surface area contributed by atoms with Crippen LogP contribution in [0, 0.1) is 0 Å². The number of carboxylic acid groups (broad SMARTS) is 2. The quantitative estimate of drug-likeness (QED) is 0.282. The van der Waals surface area contributed by atoms with Crippen molar-refractivity contribution in [2.24, 2.45) is 0 Å². The standard InChI is InChI=1S/C18H34O8/c1-3-5-7-9-11-25-15(13(19)14(20)17(21)22)16(18(23)24)26-12-10-8-6-4-2/h13-16,19-20H,3-12H2,1-2H3,(H,21,22)(H,23,24)/t13-,14+,15+,16-/m1/s1. The lowest BCUT2D eigenvalue weighted by atomic mass is 10.0. The van der Waals surface area contributed by atoms with Crippen molar-refractivity contribution < 1.29 is 39.5 Å². The van der Waals surface area contributed by atoms with Crippen LogP contribution in [-0.4, -0.2) is 70.0 Å². The molecular formula is C18H34O8. The molecule has 0 aliphatic rings. The van der Waals surface area contributed by atoms with E-state index < -0.39 is 36.4 Å². The van der Waals surface area contributed by atoms with Gasteiger partial charge in [-0.25, -0.2) is 9.59 Å². The molecule has 0 saturated carbocycles. The van der Waals surface area contributed by atoms with E-state index in [1.165, 1.54) is 0 Å². The Labute approximate surface area is 155 Å². The van der Waals surface area contributed by atoms with Crippen LogP contribution in [0.5, 0.6) is 0 Å². The first-order chi connectivity index (χ1) is 12.4. The van der Waals surface area contributed by atoms with Crippen LogP contribution in [0.15, 0.2) is 0 Å². The molecule has 0 saturated heterocycles. The van der Waals surface area contributed by atoms with Crippen LogP contribution in [0.2, 0.25) is 0 Å². The first-order valence-electron chi connectivity index (χ1n) is 9.41. The Morgan fingerprint density at radius 2 is 1.27 bits per heavy atom. The van der Waals surface area contributed by atoms with Crippen molar-refractivity contribution in [3.8, 4) is 0 Å². The van der Waals surface area contributed by atoms with Gasteiger partial charge in [0.15, 0.2) is 12.2 Å². The number of unbranched alkanes of at least 4 members (excludes halogenated alkanes) is 6. The lowest BCUT2D eigenvalue weighted by Crippen LogP contribution is -2.52. The van der Waals surface area contributed by atoms with E-state index in [4.69, 9.17) is 14.6 Å². The Morgan fingerprint density at radius 1 is 0.769 bits per heavy atom. The average Bonchev–Trinajstić information content (AvgIpc) is 2.60. The molecule has 0 unspecified atom stereocenters. The second kappa shape index (κ2) is 14.9. The van der Waals surface area contributed by atoms with Crippen LogP contribution < -0.4 is 0 Å². The van der Waals surface area contributed by atoms with E-state index in [1.54, 1.807) is 0 Å². The summed E-state index contributed by atoms with van der Waals surface area (Å²) in [5.41, 5.74) is 0. The second-order valence-electron chi connectivity index (χ2n) is 6.36. The number of ether oxygens (including phenoxy) is 2. The smallest absolute Gasteiger partial charge is 0.335 e. The number of carbonyl (C=O) groups is 2. The molecule has 4 atom stereocenters. The second-order valence-corrected chi connectivity index (χ2v) is 6.36. The molecule has 154 valence electrons. The number of hydrogen-bond donors (Lipinski definition) is 4. The summed E-state index contributed by atoms with van der Waals surface area (Å²) in [6, 6.07) is 0. The number of hydrogen-bond acceptors (Lipinski definition) is 6. The van der Waals surface area contributed by atoms with Crippen molar-refractivity contribution in [1.82, 2.24) is 0 Å². The van der Waals surface area contributed by atoms with Crippen molar-refractivity contribution in [2.45, 2.75) is 89.6 Å². The van der Waals surface area contributed by atoms with Gasteiger partial charge in [0, 0.05) is 13.2 Å². The van der Waals surface area contributed by atoms with E-state index in [0.29, 0.717) is 12.8 Å². The Morgan fingerprint density at radius 3 is 1.69 bits per heavy atom. The van der Waals surface area contributed by atoms with E-state index in [-0.39, 0.29) is 13.2 Å². The third-order valence-electron chi connectivity index (χ3n) is 4.06. The van der Waals surface area contributed by atoms with Gasteiger partial charge in [-0.2, -0.15) is 0 Å². The van der Waals surface area contributed by atoms with Gasteiger partial charge in [0.05, 0.1) is 0 Å². The first-order valence-corrected chi connectivity index (χ1v) is 9.41. The topological polar surface area (TPSA) is 134 Å². The number of aliphatic hydroxyl groups is 2. The van der Waals surface area contributed by atoms with Crippen LogP contribution in [0.4, 0.5) is 0 Å². The fraction of sp³-hybridized carbons (Fsp3) is 0.889. The third-order valence-corrected chi connectivity index (χ3v) is 4.06. The van der Waals surface area contributed by atoms with E-state index in [0.717, 1.165) is 38.5 Å². The van der Waals surface area contributed by atoms with Gasteiger partial charge in [-0.05, 0) is 12.8 Å². The maximum atomic E-state index is 11.5. The molecule has 0 aliphatic carbocycles. The van der Waals surface area contributed by atoms with Gasteiger partial charge in [0.1, 0.15) is 12.2 Å². The van der Waals surface area contributed by atoms with Gasteiger partial charge in [-0.1, -0.05) is 52.4 Å². The predicted octanol–water partition coefficient (Wildman–Crippen LogP) is 1.81. The van der Waals surface area contributed by atoms with Crippen LogP contribution in [-0.2, 0) is 19.1 Å². The minimum Gasteiger partial charge on any atom is -0.479 e.